The molecular weight excluding hydrogens is 372 g/mol. The molecule has 5 rings (SSSR count). The number of para-hydroxylation sites is 1. The average molecular weight is 399 g/mol. The zero-order valence-electron chi connectivity index (χ0n) is 17.0. The number of carbonyl (C=O) groups is 1. The molecule has 5 nitrogen and oxygen atoms in total. The molecule has 0 unspecified atom stereocenters. The van der Waals surface area contributed by atoms with Gasteiger partial charge in [0.15, 0.2) is 0 Å². The first kappa shape index (κ1) is 18.9. The lowest BCUT2D eigenvalue weighted by atomic mass is 9.97. The molecule has 1 aliphatic carbocycles. The van der Waals surface area contributed by atoms with Gasteiger partial charge in [0.1, 0.15) is 5.69 Å². The van der Waals surface area contributed by atoms with Crippen molar-refractivity contribution in [2.75, 3.05) is 19.6 Å². The van der Waals surface area contributed by atoms with E-state index in [0.29, 0.717) is 11.6 Å². The Hall–Kier alpha value is -3.10. The smallest absolute Gasteiger partial charge is 0.267 e. The van der Waals surface area contributed by atoms with E-state index >= 15 is 0 Å². The SMILES string of the molecule is N#Cc1ccc2c(c1)CN(C[C@@H]1C[C@H]1CCNC(=O)c1cc3ccccc3[nH]1)CC2. The standard InChI is InChI=1S/C25H26N4O/c26-14-17-5-6-18-8-10-29(15-21(18)11-17)16-22-12-19(22)7-9-27-25(30)24-13-20-3-1-2-4-23(20)28-24/h1-6,11,13,19,22,28H,7-10,12,15-16H2,(H,27,30)/t19-,22+/m1/s1. The molecule has 2 heterocycles. The number of nitrogens with one attached hydrogen (secondary N) is 2. The fourth-order valence-electron chi connectivity index (χ4n) is 4.72. The number of H-pyrrole nitrogens is 1. The van der Waals surface area contributed by atoms with Crippen molar-refractivity contribution in [1.82, 2.24) is 15.2 Å². The third kappa shape index (κ3) is 3.96. The molecule has 0 radical (unpaired) electrons. The third-order valence-corrected chi connectivity index (χ3v) is 6.56. The highest BCUT2D eigenvalue weighted by atomic mass is 16.1. The maximum absolute atomic E-state index is 12.4. The van der Waals surface area contributed by atoms with Crippen molar-refractivity contribution in [3.63, 3.8) is 0 Å². The summed E-state index contributed by atoms with van der Waals surface area (Å²) in [6, 6.07) is 18.2. The monoisotopic (exact) mass is 398 g/mol. The number of nitriles is 1. The van der Waals surface area contributed by atoms with Crippen molar-refractivity contribution < 1.29 is 4.79 Å². The molecule has 2 aromatic carbocycles. The lowest BCUT2D eigenvalue weighted by molar-refractivity contribution is 0.0948. The Labute approximate surface area is 176 Å². The first-order valence-electron chi connectivity index (χ1n) is 10.8. The minimum Gasteiger partial charge on any atom is -0.351 e. The van der Waals surface area contributed by atoms with Crippen molar-refractivity contribution in [1.29, 1.82) is 5.26 Å². The molecule has 152 valence electrons. The lowest BCUT2D eigenvalue weighted by Gasteiger charge is -2.29. The molecule has 2 N–H and O–H groups in total. The first-order valence-corrected chi connectivity index (χ1v) is 10.8. The second-order valence-corrected chi connectivity index (χ2v) is 8.65. The molecule has 5 heteroatoms. The second-order valence-electron chi connectivity index (χ2n) is 8.65. The Morgan fingerprint density at radius 1 is 1.17 bits per heavy atom. The van der Waals surface area contributed by atoms with Gasteiger partial charge in [0.05, 0.1) is 11.6 Å². The molecular formula is C25H26N4O. The van der Waals surface area contributed by atoms with Gasteiger partial charge in [-0.15, -0.1) is 0 Å². The van der Waals surface area contributed by atoms with Crippen LogP contribution in [-0.4, -0.2) is 35.4 Å². The average Bonchev–Trinajstić information content (AvgIpc) is 3.34. The van der Waals surface area contributed by atoms with Gasteiger partial charge in [-0.3, -0.25) is 9.69 Å². The number of aromatic nitrogens is 1. The van der Waals surface area contributed by atoms with Gasteiger partial charge in [-0.1, -0.05) is 24.3 Å². The minimum absolute atomic E-state index is 0.0238. The van der Waals surface area contributed by atoms with Crippen LogP contribution in [-0.2, 0) is 13.0 Å². The fourth-order valence-corrected chi connectivity index (χ4v) is 4.72. The summed E-state index contributed by atoms with van der Waals surface area (Å²) in [5.74, 6) is 1.42. The minimum atomic E-state index is -0.0238. The lowest BCUT2D eigenvalue weighted by Crippen LogP contribution is -2.32. The van der Waals surface area contributed by atoms with Crippen LogP contribution in [0.4, 0.5) is 0 Å². The molecule has 1 saturated carbocycles. The quantitative estimate of drug-likeness (QED) is 0.662. The third-order valence-electron chi connectivity index (χ3n) is 6.56. The van der Waals surface area contributed by atoms with Crippen LogP contribution in [0.25, 0.3) is 10.9 Å². The highest BCUT2D eigenvalue weighted by Crippen LogP contribution is 2.42. The Kier molecular flexibility index (Phi) is 5.02. The largest absolute Gasteiger partial charge is 0.351 e. The fraction of sp³-hybridized carbons (Fsp3) is 0.360. The summed E-state index contributed by atoms with van der Waals surface area (Å²) in [6.45, 7) is 3.89. The summed E-state index contributed by atoms with van der Waals surface area (Å²) in [5.41, 5.74) is 5.08. The Morgan fingerprint density at radius 2 is 2.07 bits per heavy atom. The van der Waals surface area contributed by atoms with E-state index in [-0.39, 0.29) is 5.91 Å². The van der Waals surface area contributed by atoms with Gasteiger partial charge in [-0.2, -0.15) is 5.26 Å². The van der Waals surface area contributed by atoms with Gasteiger partial charge in [0.25, 0.3) is 5.91 Å². The summed E-state index contributed by atoms with van der Waals surface area (Å²) in [7, 11) is 0. The number of hydrogen-bond acceptors (Lipinski definition) is 3. The number of aromatic amines is 1. The molecule has 30 heavy (non-hydrogen) atoms. The highest BCUT2D eigenvalue weighted by Gasteiger charge is 2.38. The van der Waals surface area contributed by atoms with Crippen LogP contribution in [0, 0.1) is 23.2 Å². The molecule has 3 aromatic rings. The molecule has 2 aliphatic rings. The maximum atomic E-state index is 12.4. The molecule has 1 amide bonds. The first-order chi connectivity index (χ1) is 14.7. The predicted molar refractivity (Wildman–Crippen MR) is 117 cm³/mol. The van der Waals surface area contributed by atoms with Gasteiger partial charge in [0.2, 0.25) is 0 Å². The topological polar surface area (TPSA) is 71.9 Å². The molecule has 1 fully saturated rings. The van der Waals surface area contributed by atoms with Crippen molar-refractivity contribution in [3.8, 4) is 6.07 Å². The second kappa shape index (κ2) is 7.97. The van der Waals surface area contributed by atoms with E-state index in [4.69, 9.17) is 5.26 Å². The van der Waals surface area contributed by atoms with Crippen LogP contribution in [0.2, 0.25) is 0 Å². The molecule has 0 spiro atoms. The summed E-state index contributed by atoms with van der Waals surface area (Å²) in [5, 5.41) is 13.3. The maximum Gasteiger partial charge on any atom is 0.267 e. The van der Waals surface area contributed by atoms with Gasteiger partial charge >= 0.3 is 0 Å². The molecule has 2 atom stereocenters. The summed E-state index contributed by atoms with van der Waals surface area (Å²) >= 11 is 0. The van der Waals surface area contributed by atoms with Crippen LogP contribution in [0.15, 0.2) is 48.5 Å². The Morgan fingerprint density at radius 3 is 2.93 bits per heavy atom. The van der Waals surface area contributed by atoms with E-state index in [9.17, 15) is 4.79 Å². The Bertz CT molecular complexity index is 1090. The summed E-state index contributed by atoms with van der Waals surface area (Å²) in [4.78, 5) is 18.1. The van der Waals surface area contributed by atoms with Crippen LogP contribution in [0.5, 0.6) is 0 Å². The number of nitrogens with zero attached hydrogens (tertiary/aromatic N) is 2. The van der Waals surface area contributed by atoms with Crippen molar-refractivity contribution in [2.24, 2.45) is 11.8 Å². The van der Waals surface area contributed by atoms with Crippen molar-refractivity contribution in [2.45, 2.75) is 25.8 Å². The summed E-state index contributed by atoms with van der Waals surface area (Å²) in [6.07, 6.45) is 3.36. The molecule has 1 aromatic heterocycles. The highest BCUT2D eigenvalue weighted by molar-refractivity contribution is 5.97. The van der Waals surface area contributed by atoms with Crippen LogP contribution >= 0.6 is 0 Å². The van der Waals surface area contributed by atoms with E-state index in [1.54, 1.807) is 0 Å². The predicted octanol–water partition coefficient (Wildman–Crippen LogP) is 3.85. The van der Waals surface area contributed by atoms with Gasteiger partial charge in [-0.05, 0) is 66.5 Å². The summed E-state index contributed by atoms with van der Waals surface area (Å²) < 4.78 is 0. The van der Waals surface area contributed by atoms with Crippen LogP contribution in [0.1, 0.15) is 40.0 Å². The molecule has 0 saturated heterocycles. The van der Waals surface area contributed by atoms with E-state index in [1.165, 1.54) is 17.5 Å². The van der Waals surface area contributed by atoms with E-state index < -0.39 is 0 Å². The normalized spacial score (nSPS) is 20.5. The zero-order valence-corrected chi connectivity index (χ0v) is 17.0. The van der Waals surface area contributed by atoms with E-state index in [0.717, 1.165) is 61.4 Å². The number of amides is 1. The van der Waals surface area contributed by atoms with Gasteiger partial charge in [-0.25, -0.2) is 0 Å². The van der Waals surface area contributed by atoms with E-state index in [1.807, 2.05) is 42.5 Å². The van der Waals surface area contributed by atoms with Crippen molar-refractivity contribution >= 4 is 16.8 Å². The number of rotatable bonds is 6. The Balaban J connectivity index is 1.07. The van der Waals surface area contributed by atoms with Gasteiger partial charge in [0, 0.05) is 37.1 Å². The molecule has 1 aliphatic heterocycles. The number of carbonyl (C=O) groups excluding carboxylic acids is 1. The zero-order chi connectivity index (χ0) is 20.5. The van der Waals surface area contributed by atoms with Crippen LogP contribution < -0.4 is 5.32 Å². The number of hydrogen-bond donors (Lipinski definition) is 2. The van der Waals surface area contributed by atoms with Gasteiger partial charge < -0.3 is 10.3 Å². The number of fused-ring (bicyclic) bond motifs is 2. The van der Waals surface area contributed by atoms with Crippen LogP contribution in [0.3, 0.4) is 0 Å². The van der Waals surface area contributed by atoms with E-state index in [2.05, 4.69) is 27.3 Å². The van der Waals surface area contributed by atoms with Crippen molar-refractivity contribution in [3.05, 3.63) is 70.9 Å². The number of benzene rings is 2. The molecule has 0 bridgehead atoms.